The Morgan fingerprint density at radius 2 is 1.77 bits per heavy atom. The smallest absolute Gasteiger partial charge is 0.0708 e. The molecular weight excluding hydrogens is 164 g/mol. The average Bonchev–Trinajstić information content (AvgIpc) is 2.62. The van der Waals surface area contributed by atoms with E-state index in [-0.39, 0.29) is 5.60 Å². The maximum absolute atomic E-state index is 5.92. The third-order valence-corrected chi connectivity index (χ3v) is 3.00. The van der Waals surface area contributed by atoms with Crippen LogP contribution in [0, 0.1) is 0 Å². The fourth-order valence-electron chi connectivity index (χ4n) is 2.08. The summed E-state index contributed by atoms with van der Waals surface area (Å²) in [5.74, 6) is 0. The molecular formula is C11H22O2. The quantitative estimate of drug-likeness (QED) is 0.594. The van der Waals surface area contributed by atoms with E-state index < -0.39 is 0 Å². The van der Waals surface area contributed by atoms with E-state index in [1.807, 2.05) is 6.92 Å². The summed E-state index contributed by atoms with van der Waals surface area (Å²) in [7, 11) is 0. The highest BCUT2D eigenvalue weighted by Gasteiger charge is 2.32. The van der Waals surface area contributed by atoms with Crippen LogP contribution in [0.4, 0.5) is 0 Å². The van der Waals surface area contributed by atoms with Gasteiger partial charge >= 0.3 is 0 Å². The summed E-state index contributed by atoms with van der Waals surface area (Å²) in [6, 6.07) is 0. The van der Waals surface area contributed by atoms with Crippen LogP contribution in [-0.4, -0.2) is 25.4 Å². The van der Waals surface area contributed by atoms with Crippen molar-refractivity contribution < 1.29 is 9.47 Å². The van der Waals surface area contributed by atoms with Crippen molar-refractivity contribution in [1.82, 2.24) is 0 Å². The lowest BCUT2D eigenvalue weighted by molar-refractivity contribution is -0.0649. The Bertz CT molecular complexity index is 128. The molecule has 2 nitrogen and oxygen atoms in total. The summed E-state index contributed by atoms with van der Waals surface area (Å²) >= 11 is 0. The lowest BCUT2D eigenvalue weighted by Crippen LogP contribution is -2.29. The normalized spacial score (nSPS) is 20.8. The maximum atomic E-state index is 5.92. The Kier molecular flexibility index (Phi) is 4.74. The Morgan fingerprint density at radius 1 is 1.08 bits per heavy atom. The summed E-state index contributed by atoms with van der Waals surface area (Å²) in [5.41, 5.74) is 0.205. The first kappa shape index (κ1) is 11.0. The van der Waals surface area contributed by atoms with Crippen LogP contribution in [0.25, 0.3) is 0 Å². The maximum Gasteiger partial charge on any atom is 0.0708 e. The van der Waals surface area contributed by atoms with E-state index in [4.69, 9.17) is 9.47 Å². The van der Waals surface area contributed by atoms with Crippen LogP contribution in [-0.2, 0) is 9.47 Å². The second-order valence-corrected chi connectivity index (χ2v) is 3.79. The van der Waals surface area contributed by atoms with Crippen molar-refractivity contribution in [2.45, 2.75) is 51.6 Å². The third-order valence-electron chi connectivity index (χ3n) is 3.00. The van der Waals surface area contributed by atoms with Crippen LogP contribution in [0.5, 0.6) is 0 Å². The highest BCUT2D eigenvalue weighted by atomic mass is 16.5. The predicted octanol–water partition coefficient (Wildman–Crippen LogP) is 2.76. The molecule has 0 heterocycles. The van der Waals surface area contributed by atoms with Gasteiger partial charge in [-0.15, -0.1) is 0 Å². The first-order valence-electron chi connectivity index (χ1n) is 5.55. The molecule has 1 aliphatic carbocycles. The molecule has 0 aliphatic heterocycles. The molecule has 1 aliphatic rings. The van der Waals surface area contributed by atoms with Gasteiger partial charge in [0.05, 0.1) is 18.8 Å². The topological polar surface area (TPSA) is 18.5 Å². The van der Waals surface area contributed by atoms with Gasteiger partial charge in [-0.2, -0.15) is 0 Å². The molecule has 2 heteroatoms. The molecule has 0 atom stereocenters. The van der Waals surface area contributed by atoms with E-state index in [0.717, 1.165) is 26.2 Å². The Labute approximate surface area is 81.6 Å². The molecule has 0 bridgehead atoms. The first-order chi connectivity index (χ1) is 6.33. The van der Waals surface area contributed by atoms with Crippen LogP contribution in [0.3, 0.4) is 0 Å². The van der Waals surface area contributed by atoms with Crippen LogP contribution in [0.15, 0.2) is 0 Å². The number of hydrogen-bond donors (Lipinski definition) is 0. The second-order valence-electron chi connectivity index (χ2n) is 3.79. The first-order valence-corrected chi connectivity index (χ1v) is 5.55. The number of rotatable bonds is 6. The molecule has 0 radical (unpaired) electrons. The van der Waals surface area contributed by atoms with Crippen LogP contribution >= 0.6 is 0 Å². The Morgan fingerprint density at radius 3 is 2.31 bits per heavy atom. The minimum Gasteiger partial charge on any atom is -0.379 e. The van der Waals surface area contributed by atoms with E-state index in [0.29, 0.717) is 0 Å². The number of ether oxygens (including phenoxy) is 2. The average molecular weight is 186 g/mol. The van der Waals surface area contributed by atoms with E-state index in [2.05, 4.69) is 6.92 Å². The Hall–Kier alpha value is -0.0800. The van der Waals surface area contributed by atoms with Crippen LogP contribution in [0.1, 0.15) is 46.0 Å². The molecule has 1 saturated carbocycles. The lowest BCUT2D eigenvalue weighted by atomic mass is 9.99. The predicted molar refractivity (Wildman–Crippen MR) is 53.9 cm³/mol. The van der Waals surface area contributed by atoms with Crippen molar-refractivity contribution in [1.29, 1.82) is 0 Å². The van der Waals surface area contributed by atoms with Gasteiger partial charge < -0.3 is 9.47 Å². The van der Waals surface area contributed by atoms with Crippen molar-refractivity contribution in [3.8, 4) is 0 Å². The number of hydrogen-bond acceptors (Lipinski definition) is 2. The van der Waals surface area contributed by atoms with Crippen molar-refractivity contribution in [3.05, 3.63) is 0 Å². The molecule has 0 saturated heterocycles. The minimum atomic E-state index is 0.205. The van der Waals surface area contributed by atoms with Gasteiger partial charge in [-0.1, -0.05) is 19.8 Å². The van der Waals surface area contributed by atoms with Crippen LogP contribution in [0.2, 0.25) is 0 Å². The molecule has 1 rings (SSSR count). The summed E-state index contributed by atoms with van der Waals surface area (Å²) in [5, 5.41) is 0. The zero-order chi connectivity index (χ0) is 9.57. The Balaban J connectivity index is 2.16. The van der Waals surface area contributed by atoms with Crippen molar-refractivity contribution in [2.24, 2.45) is 0 Å². The van der Waals surface area contributed by atoms with Crippen molar-refractivity contribution >= 4 is 0 Å². The van der Waals surface area contributed by atoms with Crippen LogP contribution < -0.4 is 0 Å². The molecule has 0 unspecified atom stereocenters. The van der Waals surface area contributed by atoms with Crippen molar-refractivity contribution in [3.63, 3.8) is 0 Å². The highest BCUT2D eigenvalue weighted by molar-refractivity contribution is 4.84. The van der Waals surface area contributed by atoms with Gasteiger partial charge in [0.15, 0.2) is 0 Å². The summed E-state index contributed by atoms with van der Waals surface area (Å²) in [4.78, 5) is 0. The molecule has 78 valence electrons. The van der Waals surface area contributed by atoms with E-state index >= 15 is 0 Å². The fraction of sp³-hybridized carbons (Fsp3) is 1.00. The molecule has 0 amide bonds. The molecule has 1 fully saturated rings. The van der Waals surface area contributed by atoms with Gasteiger partial charge in [0, 0.05) is 6.61 Å². The van der Waals surface area contributed by atoms with Gasteiger partial charge in [0.1, 0.15) is 0 Å². The van der Waals surface area contributed by atoms with Gasteiger partial charge in [-0.25, -0.2) is 0 Å². The lowest BCUT2D eigenvalue weighted by Gasteiger charge is -2.27. The molecule has 0 aromatic heterocycles. The molecule has 0 aromatic carbocycles. The zero-order valence-corrected chi connectivity index (χ0v) is 8.97. The summed E-state index contributed by atoms with van der Waals surface area (Å²) in [6.07, 6.45) is 6.31. The minimum absolute atomic E-state index is 0.205. The fourth-order valence-corrected chi connectivity index (χ4v) is 2.08. The third kappa shape index (κ3) is 3.28. The highest BCUT2D eigenvalue weighted by Crippen LogP contribution is 2.35. The van der Waals surface area contributed by atoms with Gasteiger partial charge in [0.25, 0.3) is 0 Å². The van der Waals surface area contributed by atoms with E-state index in [1.54, 1.807) is 0 Å². The SMILES string of the molecule is CCOCCOC1(CC)CCCC1. The monoisotopic (exact) mass is 186 g/mol. The summed E-state index contributed by atoms with van der Waals surface area (Å²) < 4.78 is 11.2. The molecule has 13 heavy (non-hydrogen) atoms. The largest absolute Gasteiger partial charge is 0.379 e. The molecule has 0 spiro atoms. The second kappa shape index (κ2) is 5.61. The zero-order valence-electron chi connectivity index (χ0n) is 8.97. The standard InChI is InChI=1S/C11H22O2/c1-3-11(7-5-6-8-11)13-10-9-12-4-2/h3-10H2,1-2H3. The molecule has 0 N–H and O–H groups in total. The van der Waals surface area contributed by atoms with E-state index in [9.17, 15) is 0 Å². The van der Waals surface area contributed by atoms with Gasteiger partial charge in [-0.3, -0.25) is 0 Å². The summed E-state index contributed by atoms with van der Waals surface area (Å²) in [6.45, 7) is 6.56. The van der Waals surface area contributed by atoms with Gasteiger partial charge in [-0.05, 0) is 26.2 Å². The van der Waals surface area contributed by atoms with Gasteiger partial charge in [0.2, 0.25) is 0 Å². The van der Waals surface area contributed by atoms with E-state index in [1.165, 1.54) is 25.7 Å². The van der Waals surface area contributed by atoms with Crippen molar-refractivity contribution in [2.75, 3.05) is 19.8 Å². The molecule has 0 aromatic rings.